The fourth-order valence-electron chi connectivity index (χ4n) is 2.03. The normalized spacial score (nSPS) is 15.4. The third kappa shape index (κ3) is 3.12. The quantitative estimate of drug-likeness (QED) is 0.713. The van der Waals surface area contributed by atoms with Gasteiger partial charge in [-0.3, -0.25) is 0 Å². The summed E-state index contributed by atoms with van der Waals surface area (Å²) < 4.78 is 14.0. The molecular weight excluding hydrogens is 237 g/mol. The Morgan fingerprint density at radius 1 is 1.41 bits per heavy atom. The molecule has 0 N–H and O–H groups in total. The maximum atomic E-state index is 14.0. The molecule has 1 aliphatic carbocycles. The minimum atomic E-state index is -0.155. The van der Waals surface area contributed by atoms with E-state index in [0.717, 1.165) is 18.0 Å². The molecular formula is C14H19ClFN. The van der Waals surface area contributed by atoms with Crippen molar-refractivity contribution in [2.24, 2.45) is 5.92 Å². The van der Waals surface area contributed by atoms with Gasteiger partial charge in [0.1, 0.15) is 5.82 Å². The van der Waals surface area contributed by atoms with Crippen molar-refractivity contribution < 1.29 is 4.39 Å². The molecule has 1 aromatic rings. The van der Waals surface area contributed by atoms with Gasteiger partial charge in [0.05, 0.1) is 5.69 Å². The summed E-state index contributed by atoms with van der Waals surface area (Å²) in [5.74, 6) is 0.962. The Labute approximate surface area is 108 Å². The molecule has 0 heterocycles. The van der Waals surface area contributed by atoms with Crippen LogP contribution in [0, 0.1) is 11.7 Å². The van der Waals surface area contributed by atoms with Crippen molar-refractivity contribution in [3.63, 3.8) is 0 Å². The van der Waals surface area contributed by atoms with Gasteiger partial charge in [0.25, 0.3) is 0 Å². The molecule has 1 aliphatic rings. The van der Waals surface area contributed by atoms with Gasteiger partial charge in [0, 0.05) is 18.5 Å². The van der Waals surface area contributed by atoms with Crippen molar-refractivity contribution in [2.45, 2.75) is 38.6 Å². The van der Waals surface area contributed by atoms with Crippen LogP contribution in [0.4, 0.5) is 10.1 Å². The molecule has 17 heavy (non-hydrogen) atoms. The zero-order chi connectivity index (χ0) is 12.4. The topological polar surface area (TPSA) is 3.24 Å². The average molecular weight is 256 g/mol. The highest BCUT2D eigenvalue weighted by Crippen LogP contribution is 2.33. The minimum Gasteiger partial charge on any atom is -0.366 e. The van der Waals surface area contributed by atoms with E-state index in [9.17, 15) is 4.39 Å². The van der Waals surface area contributed by atoms with Crippen LogP contribution in [0.15, 0.2) is 18.2 Å². The highest BCUT2D eigenvalue weighted by atomic mass is 35.5. The SMILES string of the molecule is CC(C)N(CC1CC1)c1ccc(CCl)cc1F. The molecule has 1 saturated carbocycles. The number of hydrogen-bond acceptors (Lipinski definition) is 1. The monoisotopic (exact) mass is 255 g/mol. The molecule has 1 fully saturated rings. The number of anilines is 1. The van der Waals surface area contributed by atoms with Crippen LogP contribution in [-0.2, 0) is 5.88 Å². The molecule has 0 amide bonds. The number of alkyl halides is 1. The molecule has 1 aromatic carbocycles. The molecule has 0 atom stereocenters. The molecule has 2 rings (SSSR count). The Bertz CT molecular complexity index is 388. The fraction of sp³-hybridized carbons (Fsp3) is 0.571. The lowest BCUT2D eigenvalue weighted by molar-refractivity contribution is 0.587. The molecule has 0 spiro atoms. The van der Waals surface area contributed by atoms with Gasteiger partial charge in [-0.15, -0.1) is 11.6 Å². The first-order valence-electron chi connectivity index (χ1n) is 6.23. The Balaban J connectivity index is 2.21. The van der Waals surface area contributed by atoms with E-state index < -0.39 is 0 Å². The van der Waals surface area contributed by atoms with Gasteiger partial charge < -0.3 is 4.90 Å². The standard InChI is InChI=1S/C14H19ClFN/c1-10(2)17(9-11-3-4-11)14-6-5-12(8-15)7-13(14)16/h5-7,10-11H,3-4,8-9H2,1-2H3. The van der Waals surface area contributed by atoms with Gasteiger partial charge in [0.2, 0.25) is 0 Å². The number of nitrogens with zero attached hydrogens (tertiary/aromatic N) is 1. The van der Waals surface area contributed by atoms with Crippen LogP contribution in [0.3, 0.4) is 0 Å². The Hall–Kier alpha value is -0.760. The predicted molar refractivity (Wildman–Crippen MR) is 71.2 cm³/mol. The number of rotatable bonds is 5. The van der Waals surface area contributed by atoms with Crippen LogP contribution in [0.5, 0.6) is 0 Å². The largest absolute Gasteiger partial charge is 0.366 e. The summed E-state index contributed by atoms with van der Waals surface area (Å²) in [5, 5.41) is 0. The Kier molecular flexibility index (Phi) is 3.93. The summed E-state index contributed by atoms with van der Waals surface area (Å²) in [6.45, 7) is 5.18. The van der Waals surface area contributed by atoms with Crippen LogP contribution in [-0.4, -0.2) is 12.6 Å². The summed E-state index contributed by atoms with van der Waals surface area (Å²) in [4.78, 5) is 2.16. The van der Waals surface area contributed by atoms with E-state index in [-0.39, 0.29) is 5.82 Å². The molecule has 3 heteroatoms. The average Bonchev–Trinajstić information content (AvgIpc) is 3.10. The van der Waals surface area contributed by atoms with E-state index in [2.05, 4.69) is 18.7 Å². The number of halogens is 2. The van der Waals surface area contributed by atoms with E-state index in [1.54, 1.807) is 6.07 Å². The minimum absolute atomic E-state index is 0.155. The van der Waals surface area contributed by atoms with E-state index in [0.29, 0.717) is 17.6 Å². The maximum absolute atomic E-state index is 14.0. The first kappa shape index (κ1) is 12.7. The molecule has 0 radical (unpaired) electrons. The van der Waals surface area contributed by atoms with E-state index in [1.165, 1.54) is 12.8 Å². The van der Waals surface area contributed by atoms with Crippen molar-refractivity contribution in [3.05, 3.63) is 29.6 Å². The highest BCUT2D eigenvalue weighted by Gasteiger charge is 2.26. The Morgan fingerprint density at radius 3 is 2.59 bits per heavy atom. The van der Waals surface area contributed by atoms with Crippen molar-refractivity contribution in [1.82, 2.24) is 0 Å². The summed E-state index contributed by atoms with van der Waals surface area (Å²) in [6.07, 6.45) is 2.56. The number of benzene rings is 1. The molecule has 94 valence electrons. The highest BCUT2D eigenvalue weighted by molar-refractivity contribution is 6.17. The molecule has 0 aromatic heterocycles. The summed E-state index contributed by atoms with van der Waals surface area (Å²) >= 11 is 5.71. The van der Waals surface area contributed by atoms with Gasteiger partial charge in [-0.25, -0.2) is 4.39 Å². The first-order chi connectivity index (χ1) is 8.11. The molecule has 0 aliphatic heterocycles. The van der Waals surface area contributed by atoms with Gasteiger partial charge in [-0.1, -0.05) is 6.07 Å². The van der Waals surface area contributed by atoms with Crippen LogP contribution < -0.4 is 4.90 Å². The zero-order valence-electron chi connectivity index (χ0n) is 10.4. The molecule has 1 nitrogen and oxygen atoms in total. The summed E-state index contributed by atoms with van der Waals surface area (Å²) in [5.41, 5.74) is 1.55. The molecule has 0 unspecified atom stereocenters. The van der Waals surface area contributed by atoms with Gasteiger partial charge >= 0.3 is 0 Å². The third-order valence-corrected chi connectivity index (χ3v) is 3.56. The van der Waals surface area contributed by atoms with Crippen LogP contribution in [0.25, 0.3) is 0 Å². The smallest absolute Gasteiger partial charge is 0.146 e. The first-order valence-corrected chi connectivity index (χ1v) is 6.76. The van der Waals surface area contributed by atoms with Gasteiger partial charge in [-0.05, 0) is 50.3 Å². The molecule has 0 saturated heterocycles. The zero-order valence-corrected chi connectivity index (χ0v) is 11.2. The second-order valence-corrected chi connectivity index (χ2v) is 5.38. The molecule has 0 bridgehead atoms. The predicted octanol–water partition coefficient (Wildman–Crippen LogP) is 4.19. The second-order valence-electron chi connectivity index (χ2n) is 5.11. The lowest BCUT2D eigenvalue weighted by Crippen LogP contribution is -2.33. The van der Waals surface area contributed by atoms with Crippen molar-refractivity contribution in [3.8, 4) is 0 Å². The van der Waals surface area contributed by atoms with Crippen molar-refractivity contribution in [2.75, 3.05) is 11.4 Å². The fourth-order valence-corrected chi connectivity index (χ4v) is 2.20. The van der Waals surface area contributed by atoms with Crippen molar-refractivity contribution >= 4 is 17.3 Å². The lowest BCUT2D eigenvalue weighted by atomic mass is 10.1. The Morgan fingerprint density at radius 2 is 2.12 bits per heavy atom. The summed E-state index contributed by atoms with van der Waals surface area (Å²) in [7, 11) is 0. The van der Waals surface area contributed by atoms with Gasteiger partial charge in [-0.2, -0.15) is 0 Å². The summed E-state index contributed by atoms with van der Waals surface area (Å²) in [6, 6.07) is 5.64. The number of hydrogen-bond donors (Lipinski definition) is 0. The van der Waals surface area contributed by atoms with E-state index >= 15 is 0 Å². The van der Waals surface area contributed by atoms with Crippen molar-refractivity contribution in [1.29, 1.82) is 0 Å². The lowest BCUT2D eigenvalue weighted by Gasteiger charge is -2.29. The van der Waals surface area contributed by atoms with Crippen LogP contribution in [0.1, 0.15) is 32.3 Å². The third-order valence-electron chi connectivity index (χ3n) is 3.25. The second kappa shape index (κ2) is 5.26. The van der Waals surface area contributed by atoms with E-state index in [4.69, 9.17) is 11.6 Å². The maximum Gasteiger partial charge on any atom is 0.146 e. The van der Waals surface area contributed by atoms with Gasteiger partial charge in [0.15, 0.2) is 0 Å². The van der Waals surface area contributed by atoms with Crippen LogP contribution >= 0.6 is 11.6 Å². The van der Waals surface area contributed by atoms with Crippen LogP contribution in [0.2, 0.25) is 0 Å². The van der Waals surface area contributed by atoms with E-state index in [1.807, 2.05) is 12.1 Å².